The van der Waals surface area contributed by atoms with Gasteiger partial charge in [0.2, 0.25) is 0 Å². The molecule has 0 bridgehead atoms. The number of likely N-dealkylation sites (N-methyl/N-ethyl adjacent to an activating group) is 1. The highest BCUT2D eigenvalue weighted by atomic mass is 79.9. The van der Waals surface area contributed by atoms with Gasteiger partial charge in [-0.2, -0.15) is 0 Å². The van der Waals surface area contributed by atoms with E-state index >= 15 is 0 Å². The molecule has 1 aliphatic heterocycles. The van der Waals surface area contributed by atoms with E-state index in [1.54, 1.807) is 0 Å². The summed E-state index contributed by atoms with van der Waals surface area (Å²) in [6.45, 7) is 3.68. The summed E-state index contributed by atoms with van der Waals surface area (Å²) in [7, 11) is 2.07. The second-order valence-corrected chi connectivity index (χ2v) is 6.93. The highest BCUT2D eigenvalue weighted by Crippen LogP contribution is 2.22. The Bertz CT molecular complexity index is 327. The summed E-state index contributed by atoms with van der Waals surface area (Å²) in [5, 5.41) is 3.39. The van der Waals surface area contributed by atoms with Gasteiger partial charge in [0.1, 0.15) is 0 Å². The van der Waals surface area contributed by atoms with Gasteiger partial charge in [-0.3, -0.25) is 0 Å². The topological polar surface area (TPSA) is 15.3 Å². The molecule has 16 heavy (non-hydrogen) atoms. The van der Waals surface area contributed by atoms with Crippen LogP contribution in [-0.4, -0.2) is 37.6 Å². The number of hydrogen-bond donors (Lipinski definition) is 1. The minimum absolute atomic E-state index is 0.698. The van der Waals surface area contributed by atoms with Gasteiger partial charge in [0, 0.05) is 24.0 Å². The number of likely N-dealkylation sites (tertiary alicyclic amines) is 1. The molecule has 0 aromatic carbocycles. The van der Waals surface area contributed by atoms with E-state index in [1.165, 1.54) is 47.6 Å². The third-order valence-electron chi connectivity index (χ3n) is 3.22. The molecule has 1 N–H and O–H groups in total. The molecule has 0 saturated carbocycles. The van der Waals surface area contributed by atoms with Crippen molar-refractivity contribution in [2.45, 2.75) is 25.3 Å². The van der Waals surface area contributed by atoms with E-state index in [9.17, 15) is 0 Å². The highest BCUT2D eigenvalue weighted by Gasteiger charge is 2.17. The van der Waals surface area contributed by atoms with Gasteiger partial charge in [-0.05, 0) is 60.9 Å². The average Bonchev–Trinajstić information content (AvgIpc) is 2.73. The molecule has 1 unspecified atom stereocenters. The zero-order chi connectivity index (χ0) is 11.4. The molecule has 0 amide bonds. The summed E-state index contributed by atoms with van der Waals surface area (Å²) in [6.07, 6.45) is 3.85. The van der Waals surface area contributed by atoms with Gasteiger partial charge in [0.25, 0.3) is 0 Å². The van der Waals surface area contributed by atoms with Gasteiger partial charge in [-0.1, -0.05) is 0 Å². The summed E-state index contributed by atoms with van der Waals surface area (Å²) in [5.74, 6) is 0. The number of nitrogens with one attached hydrogen (secondary N) is 1. The predicted molar refractivity (Wildman–Crippen MR) is 74.2 cm³/mol. The van der Waals surface area contributed by atoms with Crippen molar-refractivity contribution in [2.24, 2.45) is 0 Å². The summed E-state index contributed by atoms with van der Waals surface area (Å²) < 4.78 is 1.24. The SMILES string of the molecule is CNC1CCCN(CCc2ccc(Br)s2)C1. The van der Waals surface area contributed by atoms with E-state index in [0.717, 1.165) is 0 Å². The van der Waals surface area contributed by atoms with Crippen LogP contribution in [0.5, 0.6) is 0 Å². The first-order chi connectivity index (χ1) is 7.78. The van der Waals surface area contributed by atoms with E-state index in [1.807, 2.05) is 11.3 Å². The van der Waals surface area contributed by atoms with Gasteiger partial charge in [-0.15, -0.1) is 11.3 Å². The zero-order valence-electron chi connectivity index (χ0n) is 9.71. The summed E-state index contributed by atoms with van der Waals surface area (Å²) >= 11 is 5.37. The van der Waals surface area contributed by atoms with Crippen LogP contribution in [0, 0.1) is 0 Å². The quantitative estimate of drug-likeness (QED) is 0.920. The Morgan fingerprint density at radius 1 is 1.56 bits per heavy atom. The van der Waals surface area contributed by atoms with E-state index < -0.39 is 0 Å². The van der Waals surface area contributed by atoms with E-state index in [-0.39, 0.29) is 0 Å². The first-order valence-corrected chi connectivity index (χ1v) is 7.52. The first-order valence-electron chi connectivity index (χ1n) is 5.92. The number of rotatable bonds is 4. The van der Waals surface area contributed by atoms with Gasteiger partial charge in [0.15, 0.2) is 0 Å². The molecule has 2 nitrogen and oxygen atoms in total. The number of thiophene rings is 1. The molecule has 0 radical (unpaired) electrons. The van der Waals surface area contributed by atoms with Crippen molar-refractivity contribution < 1.29 is 0 Å². The minimum Gasteiger partial charge on any atom is -0.316 e. The molecular formula is C12H19BrN2S. The number of nitrogens with zero attached hydrogens (tertiary/aromatic N) is 1. The van der Waals surface area contributed by atoms with Crippen molar-refractivity contribution in [1.82, 2.24) is 10.2 Å². The molecular weight excluding hydrogens is 284 g/mol. The molecule has 1 fully saturated rings. The maximum atomic E-state index is 3.51. The molecule has 1 aromatic heterocycles. The maximum absolute atomic E-state index is 3.51. The van der Waals surface area contributed by atoms with Crippen molar-refractivity contribution >= 4 is 27.3 Å². The fourth-order valence-corrected chi connectivity index (χ4v) is 3.72. The Hall–Kier alpha value is 0.1000. The molecule has 2 rings (SSSR count). The third kappa shape index (κ3) is 3.55. The Morgan fingerprint density at radius 3 is 3.12 bits per heavy atom. The lowest BCUT2D eigenvalue weighted by Gasteiger charge is -2.32. The normalized spacial score (nSPS) is 22.5. The third-order valence-corrected chi connectivity index (χ3v) is 4.90. The molecule has 4 heteroatoms. The molecule has 1 saturated heterocycles. The molecule has 1 atom stereocenters. The minimum atomic E-state index is 0.698. The largest absolute Gasteiger partial charge is 0.316 e. The molecule has 1 aliphatic rings. The number of hydrogen-bond acceptors (Lipinski definition) is 3. The van der Waals surface area contributed by atoms with Crippen LogP contribution in [0.1, 0.15) is 17.7 Å². The first kappa shape index (κ1) is 12.6. The average molecular weight is 303 g/mol. The van der Waals surface area contributed by atoms with Gasteiger partial charge in [0.05, 0.1) is 3.79 Å². The highest BCUT2D eigenvalue weighted by molar-refractivity contribution is 9.11. The van der Waals surface area contributed by atoms with Crippen LogP contribution >= 0.6 is 27.3 Å². The van der Waals surface area contributed by atoms with E-state index in [0.29, 0.717) is 6.04 Å². The lowest BCUT2D eigenvalue weighted by Crippen LogP contribution is -2.44. The smallest absolute Gasteiger partial charge is 0.0701 e. The van der Waals surface area contributed by atoms with Crippen LogP contribution in [0.15, 0.2) is 15.9 Å². The van der Waals surface area contributed by atoms with Crippen molar-refractivity contribution in [3.8, 4) is 0 Å². The van der Waals surface area contributed by atoms with Crippen LogP contribution in [-0.2, 0) is 6.42 Å². The molecule has 2 heterocycles. The van der Waals surface area contributed by atoms with Gasteiger partial charge < -0.3 is 10.2 Å². The summed E-state index contributed by atoms with van der Waals surface area (Å²) in [5.41, 5.74) is 0. The van der Waals surface area contributed by atoms with Crippen LogP contribution in [0.25, 0.3) is 0 Å². The van der Waals surface area contributed by atoms with Crippen molar-refractivity contribution in [2.75, 3.05) is 26.7 Å². The predicted octanol–water partition coefficient (Wildman–Crippen LogP) is 2.74. The van der Waals surface area contributed by atoms with E-state index in [2.05, 4.69) is 45.3 Å². The monoisotopic (exact) mass is 302 g/mol. The van der Waals surface area contributed by atoms with Crippen LogP contribution < -0.4 is 5.32 Å². The fourth-order valence-electron chi connectivity index (χ4n) is 2.25. The number of halogens is 1. The van der Waals surface area contributed by atoms with Crippen molar-refractivity contribution in [3.63, 3.8) is 0 Å². The second kappa shape index (κ2) is 6.15. The standard InChI is InChI=1S/C12H19BrN2S/c1-14-10-3-2-7-15(9-10)8-6-11-4-5-12(13)16-11/h4-5,10,14H,2-3,6-9H2,1H3. The fraction of sp³-hybridized carbons (Fsp3) is 0.667. The number of piperidine rings is 1. The van der Waals surface area contributed by atoms with Crippen molar-refractivity contribution in [3.05, 3.63) is 20.8 Å². The molecule has 1 aromatic rings. The second-order valence-electron chi connectivity index (χ2n) is 4.38. The molecule has 0 spiro atoms. The Labute approximate surface area is 110 Å². The Balaban J connectivity index is 1.77. The molecule has 0 aliphatic carbocycles. The summed E-state index contributed by atoms with van der Waals surface area (Å²) in [6, 6.07) is 5.07. The van der Waals surface area contributed by atoms with E-state index in [4.69, 9.17) is 0 Å². The Morgan fingerprint density at radius 2 is 2.44 bits per heavy atom. The lowest BCUT2D eigenvalue weighted by molar-refractivity contribution is 0.197. The Kier molecular flexibility index (Phi) is 4.82. The van der Waals surface area contributed by atoms with Crippen LogP contribution in [0.2, 0.25) is 0 Å². The van der Waals surface area contributed by atoms with Gasteiger partial charge >= 0.3 is 0 Å². The van der Waals surface area contributed by atoms with Crippen LogP contribution in [0.4, 0.5) is 0 Å². The van der Waals surface area contributed by atoms with Crippen LogP contribution in [0.3, 0.4) is 0 Å². The lowest BCUT2D eigenvalue weighted by atomic mass is 10.1. The zero-order valence-corrected chi connectivity index (χ0v) is 12.1. The van der Waals surface area contributed by atoms with Crippen molar-refractivity contribution in [1.29, 1.82) is 0 Å². The maximum Gasteiger partial charge on any atom is 0.0701 e. The summed E-state index contributed by atoms with van der Waals surface area (Å²) in [4.78, 5) is 4.07. The molecule has 90 valence electrons. The van der Waals surface area contributed by atoms with Gasteiger partial charge in [-0.25, -0.2) is 0 Å².